The molecule has 0 bridgehead atoms. The first kappa shape index (κ1) is 15.8. The fourth-order valence-electron chi connectivity index (χ4n) is 2.75. The molecule has 6 nitrogen and oxygen atoms in total. The molecule has 1 saturated carbocycles. The van der Waals surface area contributed by atoms with E-state index in [1.54, 1.807) is 6.92 Å². The van der Waals surface area contributed by atoms with E-state index in [4.69, 9.17) is 0 Å². The maximum Gasteiger partial charge on any atom is 0.263 e. The van der Waals surface area contributed by atoms with Gasteiger partial charge >= 0.3 is 0 Å². The SMILES string of the molecule is Cc1nc(-c2ncn[nH]2)sc1C(=O)NC1CC1c1ccc(F)cc1F. The molecule has 2 aromatic heterocycles. The summed E-state index contributed by atoms with van der Waals surface area (Å²) >= 11 is 1.22. The van der Waals surface area contributed by atoms with Gasteiger partial charge in [-0.15, -0.1) is 11.3 Å². The molecule has 0 radical (unpaired) electrons. The van der Waals surface area contributed by atoms with Crippen LogP contribution in [0.5, 0.6) is 0 Å². The zero-order chi connectivity index (χ0) is 17.6. The molecule has 2 atom stereocenters. The average molecular weight is 361 g/mol. The third-order valence-electron chi connectivity index (χ3n) is 4.09. The van der Waals surface area contributed by atoms with Crippen molar-refractivity contribution in [3.8, 4) is 10.8 Å². The number of halogens is 2. The van der Waals surface area contributed by atoms with Crippen molar-refractivity contribution in [3.63, 3.8) is 0 Å². The minimum atomic E-state index is -0.609. The van der Waals surface area contributed by atoms with E-state index in [-0.39, 0.29) is 17.9 Å². The molecule has 2 N–H and O–H groups in total. The van der Waals surface area contributed by atoms with Gasteiger partial charge in [0.1, 0.15) is 22.8 Å². The molecule has 1 fully saturated rings. The third kappa shape index (κ3) is 3.02. The van der Waals surface area contributed by atoms with Crippen molar-refractivity contribution < 1.29 is 13.6 Å². The zero-order valence-corrected chi connectivity index (χ0v) is 13.9. The van der Waals surface area contributed by atoms with E-state index in [2.05, 4.69) is 25.5 Å². The van der Waals surface area contributed by atoms with E-state index in [9.17, 15) is 13.6 Å². The molecule has 1 aromatic carbocycles. The van der Waals surface area contributed by atoms with Crippen LogP contribution >= 0.6 is 11.3 Å². The molecule has 0 aliphatic heterocycles. The lowest BCUT2D eigenvalue weighted by atomic mass is 10.1. The Morgan fingerprint density at radius 2 is 2.24 bits per heavy atom. The standard InChI is InChI=1S/C16H13F2N5OS/c1-7-13(25-16(21-7)14-19-6-20-23-14)15(24)22-12-5-10(12)9-3-2-8(17)4-11(9)18/h2-4,6,10,12H,5H2,1H3,(H,22,24)(H,19,20,23). The first-order chi connectivity index (χ1) is 12.0. The van der Waals surface area contributed by atoms with Crippen molar-refractivity contribution in [2.75, 3.05) is 0 Å². The quantitative estimate of drug-likeness (QED) is 0.748. The van der Waals surface area contributed by atoms with Crippen molar-refractivity contribution in [2.45, 2.75) is 25.3 Å². The highest BCUT2D eigenvalue weighted by atomic mass is 32.1. The minimum Gasteiger partial charge on any atom is -0.348 e. The van der Waals surface area contributed by atoms with Crippen LogP contribution < -0.4 is 5.32 Å². The molecule has 0 spiro atoms. The number of hydrogen-bond donors (Lipinski definition) is 2. The normalized spacial score (nSPS) is 19.0. The number of aromatic amines is 1. The van der Waals surface area contributed by atoms with Crippen LogP contribution in [-0.4, -0.2) is 32.1 Å². The Balaban J connectivity index is 1.47. The van der Waals surface area contributed by atoms with Crippen LogP contribution in [-0.2, 0) is 0 Å². The minimum absolute atomic E-state index is 0.133. The van der Waals surface area contributed by atoms with Gasteiger partial charge in [0.25, 0.3) is 5.91 Å². The summed E-state index contributed by atoms with van der Waals surface area (Å²) in [5.74, 6) is -1.07. The van der Waals surface area contributed by atoms with Gasteiger partial charge in [-0.3, -0.25) is 9.89 Å². The van der Waals surface area contributed by atoms with E-state index in [0.29, 0.717) is 33.4 Å². The number of nitrogens with one attached hydrogen (secondary N) is 2. The number of thiazole rings is 1. The lowest BCUT2D eigenvalue weighted by Crippen LogP contribution is -2.26. The van der Waals surface area contributed by atoms with Crippen molar-refractivity contribution in [3.05, 3.63) is 52.3 Å². The Morgan fingerprint density at radius 1 is 1.40 bits per heavy atom. The molecule has 128 valence electrons. The summed E-state index contributed by atoms with van der Waals surface area (Å²) in [7, 11) is 0. The second-order valence-electron chi connectivity index (χ2n) is 5.86. The van der Waals surface area contributed by atoms with Gasteiger partial charge in [0.15, 0.2) is 10.8 Å². The second-order valence-corrected chi connectivity index (χ2v) is 6.85. The van der Waals surface area contributed by atoms with Crippen molar-refractivity contribution in [1.82, 2.24) is 25.5 Å². The van der Waals surface area contributed by atoms with Crippen molar-refractivity contribution in [1.29, 1.82) is 0 Å². The van der Waals surface area contributed by atoms with E-state index < -0.39 is 11.6 Å². The summed E-state index contributed by atoms with van der Waals surface area (Å²) in [6.45, 7) is 1.75. The number of hydrogen-bond acceptors (Lipinski definition) is 5. The predicted octanol–water partition coefficient (Wildman–Crippen LogP) is 2.80. The topological polar surface area (TPSA) is 83.6 Å². The van der Waals surface area contributed by atoms with Gasteiger partial charge in [-0.2, -0.15) is 5.10 Å². The highest BCUT2D eigenvalue weighted by Gasteiger charge is 2.41. The molecule has 0 saturated heterocycles. The van der Waals surface area contributed by atoms with Crippen molar-refractivity contribution >= 4 is 17.2 Å². The highest BCUT2D eigenvalue weighted by molar-refractivity contribution is 7.17. The molecule has 2 unspecified atom stereocenters. The molecule has 4 rings (SSSR count). The van der Waals surface area contributed by atoms with Gasteiger partial charge in [-0.05, 0) is 25.0 Å². The van der Waals surface area contributed by atoms with Crippen LogP contribution in [0, 0.1) is 18.6 Å². The van der Waals surface area contributed by atoms with Crippen molar-refractivity contribution in [2.24, 2.45) is 0 Å². The monoisotopic (exact) mass is 361 g/mol. The first-order valence-corrected chi connectivity index (χ1v) is 8.43. The number of aromatic nitrogens is 4. The summed E-state index contributed by atoms with van der Waals surface area (Å²) in [6.07, 6.45) is 2.00. The average Bonchev–Trinajstić information content (AvgIpc) is 2.99. The number of carbonyl (C=O) groups excluding carboxylic acids is 1. The maximum atomic E-state index is 13.8. The van der Waals surface area contributed by atoms with Gasteiger partial charge in [-0.25, -0.2) is 18.7 Å². The third-order valence-corrected chi connectivity index (χ3v) is 5.25. The number of H-pyrrole nitrogens is 1. The molecule has 1 amide bonds. The molecule has 25 heavy (non-hydrogen) atoms. The number of amides is 1. The Labute approximate surface area is 145 Å². The second kappa shape index (κ2) is 5.99. The van der Waals surface area contributed by atoms with Gasteiger partial charge < -0.3 is 5.32 Å². The van der Waals surface area contributed by atoms with Crippen LogP contribution in [0.25, 0.3) is 10.8 Å². The van der Waals surface area contributed by atoms with E-state index in [1.807, 2.05) is 0 Å². The summed E-state index contributed by atoms with van der Waals surface area (Å²) in [5, 5.41) is 9.94. The molecule has 1 aliphatic carbocycles. The van der Waals surface area contributed by atoms with Gasteiger partial charge in [0.05, 0.1) is 5.69 Å². The predicted molar refractivity (Wildman–Crippen MR) is 87.2 cm³/mol. The molecular weight excluding hydrogens is 348 g/mol. The van der Waals surface area contributed by atoms with Gasteiger partial charge in [0.2, 0.25) is 0 Å². The number of aryl methyl sites for hydroxylation is 1. The lowest BCUT2D eigenvalue weighted by Gasteiger charge is -2.05. The Hall–Kier alpha value is -2.68. The first-order valence-electron chi connectivity index (χ1n) is 7.62. The van der Waals surface area contributed by atoms with Crippen LogP contribution in [0.15, 0.2) is 24.5 Å². The largest absolute Gasteiger partial charge is 0.348 e. The molecule has 3 aromatic rings. The number of rotatable bonds is 4. The summed E-state index contributed by atoms with van der Waals surface area (Å²) < 4.78 is 26.8. The van der Waals surface area contributed by atoms with Crippen LogP contribution in [0.2, 0.25) is 0 Å². The Kier molecular flexibility index (Phi) is 3.79. The van der Waals surface area contributed by atoms with Gasteiger partial charge in [0, 0.05) is 18.0 Å². The number of benzene rings is 1. The Bertz CT molecular complexity index is 940. The lowest BCUT2D eigenvalue weighted by molar-refractivity contribution is 0.0953. The summed E-state index contributed by atoms with van der Waals surface area (Å²) in [6, 6.07) is 3.36. The highest BCUT2D eigenvalue weighted by Crippen LogP contribution is 2.42. The van der Waals surface area contributed by atoms with E-state index >= 15 is 0 Å². The smallest absolute Gasteiger partial charge is 0.263 e. The molecule has 2 heterocycles. The van der Waals surface area contributed by atoms with Crippen LogP contribution in [0.4, 0.5) is 8.78 Å². The van der Waals surface area contributed by atoms with Gasteiger partial charge in [-0.1, -0.05) is 6.07 Å². The number of carbonyl (C=O) groups is 1. The summed E-state index contributed by atoms with van der Waals surface area (Å²) in [5.41, 5.74) is 1.02. The molecule has 9 heteroatoms. The summed E-state index contributed by atoms with van der Waals surface area (Å²) in [4.78, 5) is 21.3. The fraction of sp³-hybridized carbons (Fsp3) is 0.250. The van der Waals surface area contributed by atoms with E-state index in [1.165, 1.54) is 29.8 Å². The fourth-order valence-corrected chi connectivity index (χ4v) is 3.67. The van der Waals surface area contributed by atoms with Crippen LogP contribution in [0.1, 0.15) is 33.3 Å². The maximum absolute atomic E-state index is 13.8. The van der Waals surface area contributed by atoms with Crippen LogP contribution in [0.3, 0.4) is 0 Å². The Morgan fingerprint density at radius 3 is 2.96 bits per heavy atom. The molecule has 1 aliphatic rings. The molecular formula is C16H13F2N5OS. The van der Waals surface area contributed by atoms with E-state index in [0.717, 1.165) is 6.07 Å². The number of nitrogens with zero attached hydrogens (tertiary/aromatic N) is 3. The zero-order valence-electron chi connectivity index (χ0n) is 13.1.